The maximum absolute atomic E-state index is 12.9. The maximum atomic E-state index is 12.9. The van der Waals surface area contributed by atoms with E-state index in [0.29, 0.717) is 18.7 Å². The molecular weight excluding hydrogens is 470 g/mol. The summed E-state index contributed by atoms with van der Waals surface area (Å²) in [4.78, 5) is 37.1. The van der Waals surface area contributed by atoms with Crippen LogP contribution in [0.15, 0.2) is 78.4 Å². The highest BCUT2D eigenvalue weighted by Crippen LogP contribution is 2.31. The zero-order valence-electron chi connectivity index (χ0n) is 19.6. The summed E-state index contributed by atoms with van der Waals surface area (Å²) in [6.07, 6.45) is 1.80. The number of hydrogen-bond donors (Lipinski definition) is 1. The Morgan fingerprint density at radius 3 is 2.58 bits per heavy atom. The number of anilines is 2. The number of carbonyl (C=O) groups excluding carboxylic acids is 2. The summed E-state index contributed by atoms with van der Waals surface area (Å²) in [5, 5.41) is 4.52. The fraction of sp³-hybridized carbons (Fsp3) is 0.143. The van der Waals surface area contributed by atoms with Crippen molar-refractivity contribution in [3.63, 3.8) is 0 Å². The van der Waals surface area contributed by atoms with Gasteiger partial charge in [0.2, 0.25) is 5.91 Å². The number of nitrogens with zero attached hydrogens (tertiary/aromatic N) is 4. The van der Waals surface area contributed by atoms with Crippen LogP contribution in [0.1, 0.15) is 10.4 Å². The van der Waals surface area contributed by atoms with Crippen molar-refractivity contribution in [2.45, 2.75) is 0 Å². The first-order valence-electron chi connectivity index (χ1n) is 11.7. The number of carbonyl (C=O) groups is 2. The summed E-state index contributed by atoms with van der Waals surface area (Å²) in [6, 6.07) is 21.9. The van der Waals surface area contributed by atoms with Crippen molar-refractivity contribution in [1.82, 2.24) is 19.8 Å². The van der Waals surface area contributed by atoms with Gasteiger partial charge in [-0.2, -0.15) is 0 Å². The van der Waals surface area contributed by atoms with E-state index in [4.69, 9.17) is 0 Å². The molecule has 1 aliphatic heterocycles. The van der Waals surface area contributed by atoms with Crippen molar-refractivity contribution in [2.75, 3.05) is 32.0 Å². The quantitative estimate of drug-likeness (QED) is 0.374. The number of amides is 2. The number of piperazine rings is 1. The number of fused-ring (bicyclic) bond motifs is 2. The van der Waals surface area contributed by atoms with E-state index in [0.717, 1.165) is 43.6 Å². The van der Waals surface area contributed by atoms with Crippen LogP contribution in [0.3, 0.4) is 0 Å². The van der Waals surface area contributed by atoms with Crippen LogP contribution in [0.5, 0.6) is 0 Å². The van der Waals surface area contributed by atoms with Crippen molar-refractivity contribution in [3.8, 4) is 11.1 Å². The van der Waals surface area contributed by atoms with Gasteiger partial charge >= 0.3 is 0 Å². The van der Waals surface area contributed by atoms with Crippen LogP contribution in [-0.4, -0.2) is 58.3 Å². The van der Waals surface area contributed by atoms with Gasteiger partial charge in [-0.05, 0) is 59.7 Å². The standard InChI is InChI=1S/C28H23N5O2S/c1-32-12-13-33(16-27(32)34)28(35)19-4-2-18(3-5-19)20-6-8-23-22(14-20)24(10-11-29-23)31-21-7-9-26-25(15-21)30-17-36-26/h2-11,14-15,17H,12-13,16H2,1H3,(H,29,31). The van der Waals surface area contributed by atoms with Crippen LogP contribution in [0, 0.1) is 0 Å². The number of benzene rings is 3. The molecule has 2 amide bonds. The van der Waals surface area contributed by atoms with Gasteiger partial charge in [0.15, 0.2) is 0 Å². The van der Waals surface area contributed by atoms with Crippen molar-refractivity contribution < 1.29 is 9.59 Å². The smallest absolute Gasteiger partial charge is 0.254 e. The van der Waals surface area contributed by atoms with Crippen molar-refractivity contribution in [3.05, 3.63) is 84.0 Å². The van der Waals surface area contributed by atoms with E-state index in [9.17, 15) is 9.59 Å². The van der Waals surface area contributed by atoms with E-state index in [1.807, 2.05) is 54.0 Å². The molecule has 1 saturated heterocycles. The molecule has 0 bridgehead atoms. The zero-order chi connectivity index (χ0) is 24.6. The van der Waals surface area contributed by atoms with Gasteiger partial charge in [0.05, 0.1) is 21.2 Å². The number of pyridine rings is 1. The van der Waals surface area contributed by atoms with Gasteiger partial charge in [0, 0.05) is 48.7 Å². The largest absolute Gasteiger partial charge is 0.355 e. The molecule has 1 aliphatic rings. The Bertz CT molecular complexity index is 1610. The molecule has 2 aromatic heterocycles. The molecular formula is C28H23N5O2S. The van der Waals surface area contributed by atoms with E-state index in [-0.39, 0.29) is 18.4 Å². The second-order valence-electron chi connectivity index (χ2n) is 8.87. The third-order valence-corrected chi connectivity index (χ3v) is 7.37. The highest BCUT2D eigenvalue weighted by Gasteiger charge is 2.25. The summed E-state index contributed by atoms with van der Waals surface area (Å²) >= 11 is 1.63. The molecule has 7 nitrogen and oxygen atoms in total. The van der Waals surface area contributed by atoms with E-state index in [1.54, 1.807) is 34.4 Å². The van der Waals surface area contributed by atoms with Crippen LogP contribution < -0.4 is 5.32 Å². The van der Waals surface area contributed by atoms with Gasteiger partial charge in [0.25, 0.3) is 5.91 Å². The molecule has 0 unspecified atom stereocenters. The first kappa shape index (κ1) is 22.2. The summed E-state index contributed by atoms with van der Waals surface area (Å²) in [6.45, 7) is 1.23. The highest BCUT2D eigenvalue weighted by molar-refractivity contribution is 7.16. The highest BCUT2D eigenvalue weighted by atomic mass is 32.1. The fourth-order valence-corrected chi connectivity index (χ4v) is 5.10. The predicted octanol–water partition coefficient (Wildman–Crippen LogP) is 5.17. The van der Waals surface area contributed by atoms with Crippen LogP contribution in [0.4, 0.5) is 11.4 Å². The first-order valence-corrected chi connectivity index (χ1v) is 12.6. The zero-order valence-corrected chi connectivity index (χ0v) is 20.5. The second-order valence-corrected chi connectivity index (χ2v) is 9.76. The minimum Gasteiger partial charge on any atom is -0.355 e. The minimum absolute atomic E-state index is 0.0353. The van der Waals surface area contributed by atoms with Crippen LogP contribution in [0.2, 0.25) is 0 Å². The van der Waals surface area contributed by atoms with Crippen LogP contribution in [0.25, 0.3) is 32.2 Å². The molecule has 3 heterocycles. The van der Waals surface area contributed by atoms with E-state index >= 15 is 0 Å². The van der Waals surface area contributed by atoms with Crippen LogP contribution >= 0.6 is 11.3 Å². The minimum atomic E-state index is -0.116. The van der Waals surface area contributed by atoms with Gasteiger partial charge in [-0.1, -0.05) is 18.2 Å². The molecule has 0 radical (unpaired) electrons. The average Bonchev–Trinajstić information content (AvgIpc) is 3.38. The number of rotatable bonds is 4. The molecule has 0 atom stereocenters. The molecule has 0 saturated carbocycles. The van der Waals surface area contributed by atoms with E-state index < -0.39 is 0 Å². The lowest BCUT2D eigenvalue weighted by atomic mass is 10.0. The number of aromatic nitrogens is 2. The Hall–Kier alpha value is -4.30. The molecule has 6 rings (SSSR count). The lowest BCUT2D eigenvalue weighted by Gasteiger charge is -2.32. The molecule has 36 heavy (non-hydrogen) atoms. The Kier molecular flexibility index (Phi) is 5.58. The third kappa shape index (κ3) is 4.16. The van der Waals surface area contributed by atoms with E-state index in [2.05, 4.69) is 33.5 Å². The molecule has 0 aliphatic carbocycles. The number of thiazole rings is 1. The molecule has 3 aromatic carbocycles. The number of hydrogen-bond acceptors (Lipinski definition) is 6. The Balaban J connectivity index is 1.27. The monoisotopic (exact) mass is 493 g/mol. The third-order valence-electron chi connectivity index (χ3n) is 6.56. The predicted molar refractivity (Wildman–Crippen MR) is 144 cm³/mol. The van der Waals surface area contributed by atoms with Crippen LogP contribution in [-0.2, 0) is 4.79 Å². The molecule has 0 spiro atoms. The Morgan fingerprint density at radius 2 is 1.75 bits per heavy atom. The molecule has 1 N–H and O–H groups in total. The number of likely N-dealkylation sites (N-methyl/N-ethyl adjacent to an activating group) is 1. The number of nitrogens with one attached hydrogen (secondary N) is 1. The normalized spacial score (nSPS) is 14.0. The average molecular weight is 494 g/mol. The molecule has 8 heteroatoms. The first-order chi connectivity index (χ1) is 17.5. The molecule has 178 valence electrons. The summed E-state index contributed by atoms with van der Waals surface area (Å²) in [5.74, 6) is -0.152. The maximum Gasteiger partial charge on any atom is 0.254 e. The summed E-state index contributed by atoms with van der Waals surface area (Å²) in [7, 11) is 1.76. The Labute approximate surface area is 212 Å². The lowest BCUT2D eigenvalue weighted by molar-refractivity contribution is -0.133. The topological polar surface area (TPSA) is 78.4 Å². The summed E-state index contributed by atoms with van der Waals surface area (Å²) < 4.78 is 1.16. The lowest BCUT2D eigenvalue weighted by Crippen LogP contribution is -2.50. The van der Waals surface area contributed by atoms with Crippen molar-refractivity contribution in [2.24, 2.45) is 0 Å². The van der Waals surface area contributed by atoms with Gasteiger partial charge in [-0.15, -0.1) is 11.3 Å². The van der Waals surface area contributed by atoms with Gasteiger partial charge in [-0.25, -0.2) is 4.98 Å². The van der Waals surface area contributed by atoms with E-state index in [1.165, 1.54) is 0 Å². The SMILES string of the molecule is CN1CCN(C(=O)c2ccc(-c3ccc4nccc(Nc5ccc6scnc6c5)c4c3)cc2)CC1=O. The van der Waals surface area contributed by atoms with Crippen molar-refractivity contribution >= 4 is 55.6 Å². The van der Waals surface area contributed by atoms with Crippen molar-refractivity contribution in [1.29, 1.82) is 0 Å². The molecule has 5 aromatic rings. The van der Waals surface area contributed by atoms with Gasteiger partial charge < -0.3 is 15.1 Å². The summed E-state index contributed by atoms with van der Waals surface area (Å²) in [5.41, 5.74) is 8.26. The Morgan fingerprint density at radius 1 is 0.917 bits per heavy atom. The second kappa shape index (κ2) is 9.05. The van der Waals surface area contributed by atoms with Gasteiger partial charge in [0.1, 0.15) is 6.54 Å². The van der Waals surface area contributed by atoms with Gasteiger partial charge in [-0.3, -0.25) is 14.6 Å². The fourth-order valence-electron chi connectivity index (χ4n) is 4.45. The molecule has 1 fully saturated rings.